The minimum Gasteiger partial charge on any atom is -0.409 e. The summed E-state index contributed by atoms with van der Waals surface area (Å²) in [5, 5.41) is 11.6. The highest BCUT2D eigenvalue weighted by atomic mass is 16.4. The van der Waals surface area contributed by atoms with Crippen LogP contribution in [0.4, 0.5) is 5.69 Å². The van der Waals surface area contributed by atoms with E-state index < -0.39 is 0 Å². The average molecular weight is 208 g/mol. The van der Waals surface area contributed by atoms with Crippen LogP contribution in [0.5, 0.6) is 0 Å². The zero-order valence-corrected chi connectivity index (χ0v) is 9.01. The molecule has 5 heteroatoms. The zero-order chi connectivity index (χ0) is 11.3. The number of nitrogens with two attached hydrogens (primary N) is 1. The summed E-state index contributed by atoms with van der Waals surface area (Å²) >= 11 is 0. The molecule has 0 unspecified atom stereocenters. The van der Waals surface area contributed by atoms with Crippen molar-refractivity contribution in [3.8, 4) is 0 Å². The van der Waals surface area contributed by atoms with E-state index in [4.69, 9.17) is 10.9 Å². The van der Waals surface area contributed by atoms with Gasteiger partial charge in [-0.2, -0.15) is 0 Å². The van der Waals surface area contributed by atoms with Crippen molar-refractivity contribution in [1.82, 2.24) is 4.98 Å². The summed E-state index contributed by atoms with van der Waals surface area (Å²) in [7, 11) is 0. The van der Waals surface area contributed by atoms with Crippen LogP contribution in [0.2, 0.25) is 0 Å². The van der Waals surface area contributed by atoms with Gasteiger partial charge < -0.3 is 15.8 Å². The molecule has 1 heterocycles. The molecule has 0 atom stereocenters. The number of hydrogen-bond donors (Lipinski definition) is 2. The van der Waals surface area contributed by atoms with Crippen molar-refractivity contribution in [1.29, 1.82) is 0 Å². The number of rotatable bonds is 4. The molecular weight excluding hydrogens is 192 g/mol. The molecule has 0 amide bonds. The molecule has 0 aliphatic carbocycles. The lowest BCUT2D eigenvalue weighted by molar-refractivity contribution is 0.318. The van der Waals surface area contributed by atoms with Crippen molar-refractivity contribution in [2.24, 2.45) is 10.9 Å². The van der Waals surface area contributed by atoms with E-state index in [-0.39, 0.29) is 5.84 Å². The maximum Gasteiger partial charge on any atom is 0.190 e. The van der Waals surface area contributed by atoms with Crippen molar-refractivity contribution in [3.63, 3.8) is 0 Å². The fourth-order valence-electron chi connectivity index (χ4n) is 1.46. The van der Waals surface area contributed by atoms with Crippen LogP contribution >= 0.6 is 0 Å². The van der Waals surface area contributed by atoms with E-state index in [0.717, 1.165) is 18.8 Å². The number of pyridine rings is 1. The van der Waals surface area contributed by atoms with Crippen molar-refractivity contribution in [2.45, 2.75) is 13.8 Å². The Labute approximate surface area is 89.2 Å². The molecular formula is C10H16N4O. The lowest BCUT2D eigenvalue weighted by Gasteiger charge is -2.22. The summed E-state index contributed by atoms with van der Waals surface area (Å²) in [6, 6.07) is 3.75. The van der Waals surface area contributed by atoms with Gasteiger partial charge in [-0.15, -0.1) is 0 Å². The second-order valence-corrected chi connectivity index (χ2v) is 3.03. The third kappa shape index (κ3) is 2.37. The van der Waals surface area contributed by atoms with Crippen LogP contribution in [0.25, 0.3) is 0 Å². The van der Waals surface area contributed by atoms with E-state index >= 15 is 0 Å². The van der Waals surface area contributed by atoms with Crippen LogP contribution in [-0.4, -0.2) is 29.1 Å². The maximum atomic E-state index is 8.64. The van der Waals surface area contributed by atoms with Gasteiger partial charge in [-0.25, -0.2) is 0 Å². The van der Waals surface area contributed by atoms with E-state index in [1.54, 1.807) is 6.20 Å². The SMILES string of the molecule is CCN(CC)c1cccnc1/C(N)=N/O. The van der Waals surface area contributed by atoms with Gasteiger partial charge in [0.05, 0.1) is 5.69 Å². The van der Waals surface area contributed by atoms with Crippen LogP contribution < -0.4 is 10.6 Å². The highest BCUT2D eigenvalue weighted by molar-refractivity contribution is 6.00. The highest BCUT2D eigenvalue weighted by Gasteiger charge is 2.12. The van der Waals surface area contributed by atoms with Crippen LogP contribution in [0.3, 0.4) is 0 Å². The summed E-state index contributed by atoms with van der Waals surface area (Å²) in [5.41, 5.74) is 6.96. The van der Waals surface area contributed by atoms with Gasteiger partial charge in [0, 0.05) is 19.3 Å². The molecule has 15 heavy (non-hydrogen) atoms. The Morgan fingerprint density at radius 3 is 2.73 bits per heavy atom. The molecule has 1 aromatic heterocycles. The molecule has 5 nitrogen and oxygen atoms in total. The third-order valence-electron chi connectivity index (χ3n) is 2.24. The Kier molecular flexibility index (Phi) is 3.91. The molecule has 0 fully saturated rings. The Morgan fingerprint density at radius 1 is 1.53 bits per heavy atom. The first-order chi connectivity index (χ1) is 7.24. The number of amidine groups is 1. The predicted molar refractivity (Wildman–Crippen MR) is 60.3 cm³/mol. The number of anilines is 1. The highest BCUT2D eigenvalue weighted by Crippen LogP contribution is 2.17. The first-order valence-corrected chi connectivity index (χ1v) is 4.92. The van der Waals surface area contributed by atoms with Gasteiger partial charge in [0.25, 0.3) is 0 Å². The minimum atomic E-state index is 0.0394. The van der Waals surface area contributed by atoms with Crippen LogP contribution in [-0.2, 0) is 0 Å². The Hall–Kier alpha value is -1.78. The number of hydrogen-bond acceptors (Lipinski definition) is 4. The minimum absolute atomic E-state index is 0.0394. The third-order valence-corrected chi connectivity index (χ3v) is 2.24. The summed E-state index contributed by atoms with van der Waals surface area (Å²) in [6.07, 6.45) is 1.63. The summed E-state index contributed by atoms with van der Waals surface area (Å²) in [6.45, 7) is 5.81. The van der Waals surface area contributed by atoms with Crippen LogP contribution in [0.1, 0.15) is 19.5 Å². The van der Waals surface area contributed by atoms with Gasteiger partial charge in [0.2, 0.25) is 0 Å². The summed E-state index contributed by atoms with van der Waals surface area (Å²) in [5.74, 6) is 0.0394. The van der Waals surface area contributed by atoms with Crippen molar-refractivity contribution in [2.75, 3.05) is 18.0 Å². The molecule has 1 aromatic rings. The van der Waals surface area contributed by atoms with Gasteiger partial charge in [-0.05, 0) is 26.0 Å². The number of aromatic nitrogens is 1. The first kappa shape index (κ1) is 11.3. The van der Waals surface area contributed by atoms with E-state index in [1.807, 2.05) is 26.0 Å². The molecule has 0 aliphatic heterocycles. The van der Waals surface area contributed by atoms with Gasteiger partial charge in [0.15, 0.2) is 5.84 Å². The van der Waals surface area contributed by atoms with Gasteiger partial charge in [-0.1, -0.05) is 5.16 Å². The topological polar surface area (TPSA) is 74.7 Å². The standard InChI is InChI=1S/C10H16N4O/c1-3-14(4-2)8-6-5-7-12-9(8)10(11)13-15/h5-7,15H,3-4H2,1-2H3,(H2,11,13). The van der Waals surface area contributed by atoms with Crippen LogP contribution in [0.15, 0.2) is 23.5 Å². The van der Waals surface area contributed by atoms with Crippen molar-refractivity contribution >= 4 is 11.5 Å². The van der Waals surface area contributed by atoms with Gasteiger partial charge in [-0.3, -0.25) is 4.98 Å². The summed E-state index contributed by atoms with van der Waals surface area (Å²) < 4.78 is 0. The molecule has 0 aliphatic rings. The van der Waals surface area contributed by atoms with Gasteiger partial charge in [0.1, 0.15) is 5.69 Å². The van der Waals surface area contributed by atoms with Crippen LogP contribution in [0, 0.1) is 0 Å². The lowest BCUT2D eigenvalue weighted by atomic mass is 10.2. The van der Waals surface area contributed by atoms with E-state index in [9.17, 15) is 0 Å². The Balaban J connectivity index is 3.16. The Morgan fingerprint density at radius 2 is 2.20 bits per heavy atom. The molecule has 3 N–H and O–H groups in total. The number of nitrogens with zero attached hydrogens (tertiary/aromatic N) is 3. The molecule has 0 spiro atoms. The first-order valence-electron chi connectivity index (χ1n) is 4.92. The second kappa shape index (κ2) is 5.19. The van der Waals surface area contributed by atoms with E-state index in [0.29, 0.717) is 5.69 Å². The normalized spacial score (nSPS) is 11.5. The van der Waals surface area contributed by atoms with E-state index in [2.05, 4.69) is 15.0 Å². The average Bonchev–Trinajstić information content (AvgIpc) is 2.30. The fourth-order valence-corrected chi connectivity index (χ4v) is 1.46. The maximum absolute atomic E-state index is 8.64. The smallest absolute Gasteiger partial charge is 0.190 e. The summed E-state index contributed by atoms with van der Waals surface area (Å²) in [4.78, 5) is 6.21. The zero-order valence-electron chi connectivity index (χ0n) is 9.01. The van der Waals surface area contributed by atoms with Crippen molar-refractivity contribution in [3.05, 3.63) is 24.0 Å². The molecule has 0 aromatic carbocycles. The number of oxime groups is 1. The molecule has 0 saturated heterocycles. The van der Waals surface area contributed by atoms with Crippen molar-refractivity contribution < 1.29 is 5.21 Å². The molecule has 1 rings (SSSR count). The Bertz CT molecular complexity index is 347. The largest absolute Gasteiger partial charge is 0.409 e. The monoisotopic (exact) mass is 208 g/mol. The lowest BCUT2D eigenvalue weighted by Crippen LogP contribution is -2.27. The molecule has 82 valence electrons. The molecule has 0 saturated carbocycles. The predicted octanol–water partition coefficient (Wildman–Crippen LogP) is 1.02. The second-order valence-electron chi connectivity index (χ2n) is 3.03. The quantitative estimate of drug-likeness (QED) is 0.335. The molecule has 0 radical (unpaired) electrons. The van der Waals surface area contributed by atoms with E-state index in [1.165, 1.54) is 0 Å². The molecule has 0 bridgehead atoms. The van der Waals surface area contributed by atoms with Gasteiger partial charge >= 0.3 is 0 Å². The fraction of sp³-hybridized carbons (Fsp3) is 0.400.